The second kappa shape index (κ2) is 8.15. The largest absolute Gasteiger partial charge is 0.493 e. The topological polar surface area (TPSA) is 82.5 Å². The van der Waals surface area contributed by atoms with Gasteiger partial charge in [0.05, 0.1) is 19.1 Å². The van der Waals surface area contributed by atoms with Gasteiger partial charge in [-0.1, -0.05) is 11.8 Å². The SMILES string of the molecule is COc1cc(C)c(S(=O)(=O)Nc2ccc(Sc3nccn3C)cc2)cc1OC. The Labute approximate surface area is 168 Å². The fourth-order valence-electron chi connectivity index (χ4n) is 2.61. The van der Waals surface area contributed by atoms with Crippen molar-refractivity contribution >= 4 is 27.5 Å². The molecular formula is C19H21N3O4S2. The predicted octanol–water partition coefficient (Wildman–Crippen LogP) is 3.70. The lowest BCUT2D eigenvalue weighted by atomic mass is 10.2. The molecule has 0 saturated carbocycles. The summed E-state index contributed by atoms with van der Waals surface area (Å²) in [4.78, 5) is 5.36. The molecule has 0 fully saturated rings. The van der Waals surface area contributed by atoms with Crippen molar-refractivity contribution in [3.63, 3.8) is 0 Å². The van der Waals surface area contributed by atoms with Crippen LogP contribution < -0.4 is 14.2 Å². The fraction of sp³-hybridized carbons (Fsp3) is 0.211. The number of nitrogens with one attached hydrogen (secondary N) is 1. The van der Waals surface area contributed by atoms with Crippen LogP contribution in [-0.4, -0.2) is 32.2 Å². The molecule has 1 N–H and O–H groups in total. The van der Waals surface area contributed by atoms with E-state index in [2.05, 4.69) is 9.71 Å². The first-order chi connectivity index (χ1) is 13.3. The van der Waals surface area contributed by atoms with Gasteiger partial charge in [0.25, 0.3) is 10.0 Å². The van der Waals surface area contributed by atoms with Gasteiger partial charge in [0.2, 0.25) is 0 Å². The van der Waals surface area contributed by atoms with E-state index in [1.807, 2.05) is 29.9 Å². The lowest BCUT2D eigenvalue weighted by Crippen LogP contribution is -2.14. The van der Waals surface area contributed by atoms with Crippen LogP contribution >= 0.6 is 11.8 Å². The van der Waals surface area contributed by atoms with Crippen LogP contribution in [0.2, 0.25) is 0 Å². The molecule has 1 heterocycles. The van der Waals surface area contributed by atoms with Gasteiger partial charge in [-0.05, 0) is 42.8 Å². The second-order valence-corrected chi connectivity index (χ2v) is 8.72. The molecule has 7 nitrogen and oxygen atoms in total. The predicted molar refractivity (Wildman–Crippen MR) is 109 cm³/mol. The Kier molecular flexibility index (Phi) is 5.85. The summed E-state index contributed by atoms with van der Waals surface area (Å²) in [5.41, 5.74) is 1.03. The van der Waals surface area contributed by atoms with Gasteiger partial charge in [0.15, 0.2) is 16.7 Å². The standard InChI is InChI=1S/C19H21N3O4S2/c1-13-11-16(25-3)17(26-4)12-18(13)28(23,24)21-14-5-7-15(8-6-14)27-19-20-9-10-22(19)2/h5-12,21H,1-4H3. The van der Waals surface area contributed by atoms with Gasteiger partial charge in [-0.2, -0.15) is 0 Å². The lowest BCUT2D eigenvalue weighted by molar-refractivity contribution is 0.353. The van der Waals surface area contributed by atoms with Crippen molar-refractivity contribution in [2.24, 2.45) is 7.05 Å². The molecular weight excluding hydrogens is 398 g/mol. The van der Waals surface area contributed by atoms with Gasteiger partial charge in [0.1, 0.15) is 0 Å². The van der Waals surface area contributed by atoms with Gasteiger partial charge in [0, 0.05) is 36.1 Å². The maximum Gasteiger partial charge on any atom is 0.262 e. The maximum absolute atomic E-state index is 12.9. The van der Waals surface area contributed by atoms with E-state index in [9.17, 15) is 8.42 Å². The Balaban J connectivity index is 1.82. The average molecular weight is 420 g/mol. The Bertz CT molecular complexity index is 1080. The summed E-state index contributed by atoms with van der Waals surface area (Å²) in [7, 11) is 1.12. The number of hydrogen-bond acceptors (Lipinski definition) is 6. The van der Waals surface area contributed by atoms with Gasteiger partial charge < -0.3 is 14.0 Å². The normalized spacial score (nSPS) is 11.3. The minimum absolute atomic E-state index is 0.136. The first-order valence-corrected chi connectivity index (χ1v) is 10.6. The Morgan fingerprint density at radius 2 is 1.71 bits per heavy atom. The van der Waals surface area contributed by atoms with E-state index in [-0.39, 0.29) is 4.90 Å². The van der Waals surface area contributed by atoms with E-state index in [0.717, 1.165) is 10.1 Å². The molecule has 0 spiro atoms. The molecule has 9 heteroatoms. The van der Waals surface area contributed by atoms with Gasteiger partial charge in [-0.25, -0.2) is 13.4 Å². The van der Waals surface area contributed by atoms with E-state index in [1.165, 1.54) is 32.0 Å². The van der Waals surface area contributed by atoms with Gasteiger partial charge >= 0.3 is 0 Å². The first-order valence-electron chi connectivity index (χ1n) is 8.34. The third kappa shape index (κ3) is 4.26. The number of hydrogen-bond donors (Lipinski definition) is 1. The highest BCUT2D eigenvalue weighted by Gasteiger charge is 2.20. The molecule has 3 aromatic rings. The molecule has 0 unspecified atom stereocenters. The van der Waals surface area contributed by atoms with Crippen LogP contribution in [0.5, 0.6) is 11.5 Å². The van der Waals surface area contributed by atoms with Crippen LogP contribution in [0.1, 0.15) is 5.56 Å². The molecule has 3 rings (SSSR count). The number of methoxy groups -OCH3 is 2. The average Bonchev–Trinajstić information content (AvgIpc) is 3.07. The van der Waals surface area contributed by atoms with Crippen molar-refractivity contribution in [2.45, 2.75) is 21.9 Å². The lowest BCUT2D eigenvalue weighted by Gasteiger charge is -2.14. The molecule has 1 aromatic heterocycles. The Morgan fingerprint density at radius 1 is 1.07 bits per heavy atom. The molecule has 0 aliphatic heterocycles. The van der Waals surface area contributed by atoms with Crippen LogP contribution in [-0.2, 0) is 17.1 Å². The summed E-state index contributed by atoms with van der Waals surface area (Å²) in [5.74, 6) is 0.838. The summed E-state index contributed by atoms with van der Waals surface area (Å²) in [5, 5.41) is 0.856. The minimum Gasteiger partial charge on any atom is -0.493 e. The number of nitrogens with zero attached hydrogens (tertiary/aromatic N) is 2. The van der Waals surface area contributed by atoms with Crippen LogP contribution in [0.3, 0.4) is 0 Å². The van der Waals surface area contributed by atoms with Crippen molar-refractivity contribution in [3.05, 3.63) is 54.4 Å². The third-order valence-corrected chi connectivity index (χ3v) is 6.67. The zero-order valence-electron chi connectivity index (χ0n) is 16.0. The number of anilines is 1. The number of ether oxygens (including phenoxy) is 2. The minimum atomic E-state index is -3.78. The number of benzene rings is 2. The maximum atomic E-state index is 12.9. The smallest absolute Gasteiger partial charge is 0.262 e. The summed E-state index contributed by atoms with van der Waals surface area (Å²) < 4.78 is 40.7. The Hall–Kier alpha value is -2.65. The second-order valence-electron chi connectivity index (χ2n) is 6.03. The van der Waals surface area contributed by atoms with Gasteiger partial charge in [-0.15, -0.1) is 0 Å². The van der Waals surface area contributed by atoms with E-state index < -0.39 is 10.0 Å². The van der Waals surface area contributed by atoms with Crippen molar-refractivity contribution in [1.29, 1.82) is 0 Å². The van der Waals surface area contributed by atoms with Crippen LogP contribution in [0.4, 0.5) is 5.69 Å². The van der Waals surface area contributed by atoms with Gasteiger partial charge in [-0.3, -0.25) is 4.72 Å². The number of aromatic nitrogens is 2. The summed E-state index contributed by atoms with van der Waals surface area (Å²) in [6.45, 7) is 1.71. The first kappa shape index (κ1) is 20.1. The molecule has 0 aliphatic carbocycles. The number of sulfonamides is 1. The zero-order chi connectivity index (χ0) is 20.3. The Morgan fingerprint density at radius 3 is 2.29 bits per heavy atom. The summed E-state index contributed by atoms with van der Waals surface area (Å²) >= 11 is 1.50. The van der Waals surface area contributed by atoms with E-state index in [4.69, 9.17) is 9.47 Å². The van der Waals surface area contributed by atoms with Crippen molar-refractivity contribution in [1.82, 2.24) is 9.55 Å². The van der Waals surface area contributed by atoms with Crippen molar-refractivity contribution in [2.75, 3.05) is 18.9 Å². The number of imidazole rings is 1. The van der Waals surface area contributed by atoms with Crippen LogP contribution in [0.25, 0.3) is 0 Å². The quantitative estimate of drug-likeness (QED) is 0.629. The monoisotopic (exact) mass is 419 g/mol. The number of aryl methyl sites for hydroxylation is 2. The highest BCUT2D eigenvalue weighted by molar-refractivity contribution is 7.99. The number of rotatable bonds is 7. The molecule has 28 heavy (non-hydrogen) atoms. The van der Waals surface area contributed by atoms with Crippen molar-refractivity contribution in [3.8, 4) is 11.5 Å². The van der Waals surface area contributed by atoms with Crippen molar-refractivity contribution < 1.29 is 17.9 Å². The molecule has 0 bridgehead atoms. The molecule has 0 aliphatic rings. The molecule has 0 amide bonds. The molecule has 2 aromatic carbocycles. The highest BCUT2D eigenvalue weighted by atomic mass is 32.2. The summed E-state index contributed by atoms with van der Waals surface area (Å²) in [6, 6.07) is 10.2. The van der Waals surface area contributed by atoms with Crippen LogP contribution in [0, 0.1) is 6.92 Å². The highest BCUT2D eigenvalue weighted by Crippen LogP contribution is 2.33. The third-order valence-electron chi connectivity index (χ3n) is 4.06. The van der Waals surface area contributed by atoms with E-state index in [1.54, 1.807) is 31.3 Å². The molecule has 0 atom stereocenters. The zero-order valence-corrected chi connectivity index (χ0v) is 17.6. The van der Waals surface area contributed by atoms with E-state index in [0.29, 0.717) is 22.7 Å². The molecule has 0 saturated heterocycles. The van der Waals surface area contributed by atoms with E-state index >= 15 is 0 Å². The fourth-order valence-corrected chi connectivity index (χ4v) is 4.71. The summed E-state index contributed by atoms with van der Waals surface area (Å²) in [6.07, 6.45) is 3.60. The molecule has 0 radical (unpaired) electrons. The molecule has 148 valence electrons. The van der Waals surface area contributed by atoms with Crippen LogP contribution in [0.15, 0.2) is 63.7 Å².